The fourth-order valence-electron chi connectivity index (χ4n) is 4.19. The standard InChI is InChI=1S/C27H34N2O5/c1-18(28-22(25(31)32)15-14-19-10-6-5-7-11-19)24(30)29-17-21-13-9-8-12-20(21)16-23(29)26(33)34-27(2,3)4/h5-13,18,22-23,28H,14-17H2,1-4H3,(H,31,32)/t18-,22?,23-/m0/s1. The van der Waals surface area contributed by atoms with E-state index in [4.69, 9.17) is 4.74 Å². The van der Waals surface area contributed by atoms with Crippen LogP contribution in [0.1, 0.15) is 50.8 Å². The molecule has 182 valence electrons. The number of carbonyl (C=O) groups is 3. The van der Waals surface area contributed by atoms with Gasteiger partial charge in [-0.15, -0.1) is 0 Å². The molecule has 2 aromatic rings. The Labute approximate surface area is 201 Å². The monoisotopic (exact) mass is 466 g/mol. The van der Waals surface area contributed by atoms with Gasteiger partial charge >= 0.3 is 11.9 Å². The van der Waals surface area contributed by atoms with Gasteiger partial charge in [0.25, 0.3) is 0 Å². The largest absolute Gasteiger partial charge is 0.480 e. The predicted octanol–water partition coefficient (Wildman–Crippen LogP) is 3.35. The van der Waals surface area contributed by atoms with E-state index >= 15 is 0 Å². The normalized spacial score (nSPS) is 17.4. The molecule has 0 fully saturated rings. The van der Waals surface area contributed by atoms with Gasteiger partial charge in [0.2, 0.25) is 5.91 Å². The van der Waals surface area contributed by atoms with Crippen molar-refractivity contribution < 1.29 is 24.2 Å². The quantitative estimate of drug-likeness (QED) is 0.580. The van der Waals surface area contributed by atoms with Crippen LogP contribution in [0, 0.1) is 0 Å². The fraction of sp³-hybridized carbons (Fsp3) is 0.444. The van der Waals surface area contributed by atoms with Crippen molar-refractivity contribution in [3.05, 3.63) is 71.3 Å². The zero-order valence-corrected chi connectivity index (χ0v) is 20.3. The Morgan fingerprint density at radius 2 is 1.68 bits per heavy atom. The van der Waals surface area contributed by atoms with Crippen LogP contribution in [0.15, 0.2) is 54.6 Å². The number of benzene rings is 2. The maximum atomic E-state index is 13.5. The molecule has 0 radical (unpaired) electrons. The third kappa shape index (κ3) is 6.67. The number of fused-ring (bicyclic) bond motifs is 1. The first-order chi connectivity index (χ1) is 16.0. The summed E-state index contributed by atoms with van der Waals surface area (Å²) in [5.41, 5.74) is 2.33. The van der Waals surface area contributed by atoms with Crippen LogP contribution < -0.4 is 5.32 Å². The summed E-state index contributed by atoms with van der Waals surface area (Å²) in [6.07, 6.45) is 1.28. The van der Waals surface area contributed by atoms with E-state index in [-0.39, 0.29) is 12.5 Å². The van der Waals surface area contributed by atoms with Crippen molar-refractivity contribution in [2.24, 2.45) is 0 Å². The highest BCUT2D eigenvalue weighted by molar-refractivity contribution is 5.89. The minimum atomic E-state index is -1.01. The lowest BCUT2D eigenvalue weighted by Gasteiger charge is -2.38. The van der Waals surface area contributed by atoms with Gasteiger partial charge in [0.1, 0.15) is 17.7 Å². The number of esters is 1. The van der Waals surface area contributed by atoms with Crippen molar-refractivity contribution in [3.8, 4) is 0 Å². The predicted molar refractivity (Wildman–Crippen MR) is 129 cm³/mol. The number of carbonyl (C=O) groups excluding carboxylic acids is 2. The van der Waals surface area contributed by atoms with Gasteiger partial charge in [-0.2, -0.15) is 0 Å². The molecule has 1 amide bonds. The first-order valence-electron chi connectivity index (χ1n) is 11.7. The lowest BCUT2D eigenvalue weighted by atomic mass is 9.93. The van der Waals surface area contributed by atoms with E-state index < -0.39 is 35.7 Å². The number of nitrogens with one attached hydrogen (secondary N) is 1. The summed E-state index contributed by atoms with van der Waals surface area (Å²) in [6.45, 7) is 7.30. The van der Waals surface area contributed by atoms with E-state index in [0.29, 0.717) is 19.3 Å². The third-order valence-corrected chi connectivity index (χ3v) is 5.89. The van der Waals surface area contributed by atoms with Gasteiger partial charge in [-0.25, -0.2) is 4.79 Å². The molecular weight excluding hydrogens is 432 g/mol. The number of aliphatic carboxylic acids is 1. The number of hydrogen-bond donors (Lipinski definition) is 2. The van der Waals surface area contributed by atoms with Crippen LogP contribution in [0.4, 0.5) is 0 Å². The summed E-state index contributed by atoms with van der Waals surface area (Å²) < 4.78 is 5.61. The van der Waals surface area contributed by atoms with Crippen LogP contribution in [0.3, 0.4) is 0 Å². The van der Waals surface area contributed by atoms with Gasteiger partial charge in [0.15, 0.2) is 0 Å². The highest BCUT2D eigenvalue weighted by atomic mass is 16.6. The number of nitrogens with zero attached hydrogens (tertiary/aromatic N) is 1. The second-order valence-corrected chi connectivity index (χ2v) is 9.79. The van der Waals surface area contributed by atoms with Crippen LogP contribution in [0.25, 0.3) is 0 Å². The van der Waals surface area contributed by atoms with Crippen molar-refractivity contribution >= 4 is 17.8 Å². The molecule has 1 heterocycles. The second kappa shape index (κ2) is 10.8. The van der Waals surface area contributed by atoms with E-state index in [1.165, 1.54) is 4.90 Å². The maximum absolute atomic E-state index is 13.5. The highest BCUT2D eigenvalue weighted by Gasteiger charge is 2.39. The average Bonchev–Trinajstić information content (AvgIpc) is 2.79. The van der Waals surface area contributed by atoms with Crippen LogP contribution >= 0.6 is 0 Å². The molecule has 2 N–H and O–H groups in total. The summed E-state index contributed by atoms with van der Waals surface area (Å²) in [7, 11) is 0. The van der Waals surface area contributed by atoms with Crippen LogP contribution in [0.2, 0.25) is 0 Å². The fourth-order valence-corrected chi connectivity index (χ4v) is 4.19. The number of ether oxygens (including phenoxy) is 1. The lowest BCUT2D eigenvalue weighted by Crippen LogP contribution is -2.57. The first-order valence-corrected chi connectivity index (χ1v) is 11.7. The molecule has 0 saturated heterocycles. The van der Waals surface area contributed by atoms with E-state index in [1.54, 1.807) is 27.7 Å². The van der Waals surface area contributed by atoms with E-state index in [2.05, 4.69) is 5.32 Å². The highest BCUT2D eigenvalue weighted by Crippen LogP contribution is 2.26. The van der Waals surface area contributed by atoms with Crippen LogP contribution in [-0.2, 0) is 38.5 Å². The van der Waals surface area contributed by atoms with Gasteiger partial charge in [-0.05, 0) is 57.2 Å². The number of hydrogen-bond acceptors (Lipinski definition) is 5. The summed E-state index contributed by atoms with van der Waals surface area (Å²) in [5, 5.41) is 12.7. The number of rotatable bonds is 8. The van der Waals surface area contributed by atoms with Crippen LogP contribution in [0.5, 0.6) is 0 Å². The number of aryl methyl sites for hydroxylation is 1. The van der Waals surface area contributed by atoms with Crippen molar-refractivity contribution in [2.75, 3.05) is 0 Å². The van der Waals surface area contributed by atoms with Gasteiger partial charge in [-0.3, -0.25) is 14.9 Å². The molecule has 34 heavy (non-hydrogen) atoms. The molecule has 7 heteroatoms. The molecule has 0 saturated carbocycles. The number of carboxylic acids is 1. The zero-order chi connectivity index (χ0) is 24.9. The number of carboxylic acid groups (broad SMARTS) is 1. The van der Waals surface area contributed by atoms with Gasteiger partial charge in [0, 0.05) is 13.0 Å². The van der Waals surface area contributed by atoms with Gasteiger partial charge < -0.3 is 14.7 Å². The van der Waals surface area contributed by atoms with Crippen LogP contribution in [-0.4, -0.2) is 51.6 Å². The first kappa shape index (κ1) is 25.4. The molecule has 1 aliphatic heterocycles. The minimum Gasteiger partial charge on any atom is -0.480 e. The summed E-state index contributed by atoms with van der Waals surface area (Å²) >= 11 is 0. The molecule has 2 aromatic carbocycles. The summed E-state index contributed by atoms with van der Waals surface area (Å²) in [4.78, 5) is 39.9. The van der Waals surface area contributed by atoms with Crippen molar-refractivity contribution in [2.45, 2.75) is 77.2 Å². The molecule has 3 rings (SSSR count). The molecule has 0 spiro atoms. The van der Waals surface area contributed by atoms with Crippen molar-refractivity contribution in [3.63, 3.8) is 0 Å². The Balaban J connectivity index is 1.75. The lowest BCUT2D eigenvalue weighted by molar-refractivity contribution is -0.166. The zero-order valence-electron chi connectivity index (χ0n) is 20.3. The van der Waals surface area contributed by atoms with E-state index in [9.17, 15) is 19.5 Å². The Morgan fingerprint density at radius 3 is 2.29 bits per heavy atom. The topological polar surface area (TPSA) is 95.9 Å². The summed E-state index contributed by atoms with van der Waals surface area (Å²) in [5.74, 6) is -1.79. The molecule has 0 aliphatic carbocycles. The van der Waals surface area contributed by atoms with E-state index in [0.717, 1.165) is 16.7 Å². The van der Waals surface area contributed by atoms with Crippen molar-refractivity contribution in [1.82, 2.24) is 10.2 Å². The number of amides is 1. The van der Waals surface area contributed by atoms with Crippen molar-refractivity contribution in [1.29, 1.82) is 0 Å². The molecular formula is C27H34N2O5. The molecule has 1 unspecified atom stereocenters. The Kier molecular flexibility index (Phi) is 8.10. The molecule has 1 aliphatic rings. The molecule has 0 aromatic heterocycles. The van der Waals surface area contributed by atoms with Gasteiger partial charge in [-0.1, -0.05) is 54.6 Å². The Hall–Kier alpha value is -3.19. The van der Waals surface area contributed by atoms with E-state index in [1.807, 2.05) is 54.6 Å². The Morgan fingerprint density at radius 1 is 1.06 bits per heavy atom. The average molecular weight is 467 g/mol. The minimum absolute atomic E-state index is 0.271. The summed E-state index contributed by atoms with van der Waals surface area (Å²) in [6, 6.07) is 14.9. The third-order valence-electron chi connectivity index (χ3n) is 5.89. The molecule has 3 atom stereocenters. The SMILES string of the molecule is C[C@H](NC(CCc1ccccc1)C(=O)O)C(=O)N1Cc2ccccc2C[C@H]1C(=O)OC(C)(C)C. The molecule has 7 nitrogen and oxygen atoms in total. The van der Waals surface area contributed by atoms with Gasteiger partial charge in [0.05, 0.1) is 6.04 Å². The second-order valence-electron chi connectivity index (χ2n) is 9.79. The smallest absolute Gasteiger partial charge is 0.329 e. The molecule has 0 bridgehead atoms. The Bertz CT molecular complexity index is 1020. The maximum Gasteiger partial charge on any atom is 0.329 e.